The fourth-order valence-corrected chi connectivity index (χ4v) is 3.71. The van der Waals surface area contributed by atoms with Gasteiger partial charge < -0.3 is 9.84 Å². The number of hydrogen-bond donors (Lipinski definition) is 1. The first kappa shape index (κ1) is 23.4. The van der Waals surface area contributed by atoms with Gasteiger partial charge in [0, 0.05) is 0 Å². The van der Waals surface area contributed by atoms with E-state index in [1.807, 2.05) is 57.2 Å². The van der Waals surface area contributed by atoms with Crippen LogP contribution in [0, 0.1) is 0 Å². The zero-order valence-corrected chi connectivity index (χ0v) is 18.1. The van der Waals surface area contributed by atoms with Crippen molar-refractivity contribution in [2.45, 2.75) is 77.4 Å². The first-order valence-corrected chi connectivity index (χ1v) is 9.91. The van der Waals surface area contributed by atoms with E-state index in [-0.39, 0.29) is 0 Å². The lowest BCUT2D eigenvalue weighted by atomic mass is 9.81. The number of benzene rings is 2. The maximum atomic E-state index is 13.5. The summed E-state index contributed by atoms with van der Waals surface area (Å²) in [6.07, 6.45) is -3.90. The van der Waals surface area contributed by atoms with Gasteiger partial charge in [0.1, 0.15) is 5.60 Å². The second-order valence-electron chi connectivity index (χ2n) is 8.41. The van der Waals surface area contributed by atoms with E-state index in [2.05, 4.69) is 6.58 Å². The van der Waals surface area contributed by atoms with Crippen LogP contribution in [0.25, 0.3) is 16.3 Å². The number of hydrogen-bond acceptors (Lipinski definition) is 2. The first-order valence-electron chi connectivity index (χ1n) is 9.91. The summed E-state index contributed by atoms with van der Waals surface area (Å²) in [6.45, 7) is 13.0. The van der Waals surface area contributed by atoms with Crippen LogP contribution in [-0.4, -0.2) is 22.5 Å². The zero-order chi connectivity index (χ0) is 22.3. The second-order valence-corrected chi connectivity index (χ2v) is 8.41. The largest absolute Gasteiger partial charge is 0.419 e. The van der Waals surface area contributed by atoms with Crippen LogP contribution in [0.15, 0.2) is 43.0 Å². The number of rotatable bonds is 7. The summed E-state index contributed by atoms with van der Waals surface area (Å²) in [5.74, 6) is 0. The molecule has 1 unspecified atom stereocenters. The molecule has 0 fully saturated rings. The predicted octanol–water partition coefficient (Wildman–Crippen LogP) is 7.00. The van der Waals surface area contributed by atoms with E-state index in [0.717, 1.165) is 34.4 Å². The van der Waals surface area contributed by atoms with E-state index < -0.39 is 23.0 Å². The molecule has 0 saturated heterocycles. The average Bonchev–Trinajstić information content (AvgIpc) is 2.64. The van der Waals surface area contributed by atoms with Gasteiger partial charge in [-0.3, -0.25) is 0 Å². The maximum absolute atomic E-state index is 13.5. The lowest BCUT2D eigenvalue weighted by Crippen LogP contribution is -2.61. The van der Waals surface area contributed by atoms with Gasteiger partial charge in [-0.25, -0.2) is 0 Å². The summed E-state index contributed by atoms with van der Waals surface area (Å²) in [6, 6.07) is 11.7. The highest BCUT2D eigenvalue weighted by Gasteiger charge is 2.61. The summed E-state index contributed by atoms with van der Waals surface area (Å²) >= 11 is 0. The van der Waals surface area contributed by atoms with Gasteiger partial charge in [0.25, 0.3) is 0 Å². The smallest absolute Gasteiger partial charge is 0.378 e. The predicted molar refractivity (Wildman–Crippen MR) is 113 cm³/mol. The number of fused-ring (bicyclic) bond motifs is 1. The quantitative estimate of drug-likeness (QED) is 0.535. The van der Waals surface area contributed by atoms with Crippen LogP contribution in [0.3, 0.4) is 0 Å². The van der Waals surface area contributed by atoms with Crippen molar-refractivity contribution in [2.24, 2.45) is 0 Å². The highest BCUT2D eigenvalue weighted by Crippen LogP contribution is 2.47. The molecule has 29 heavy (non-hydrogen) atoms. The molecule has 2 aromatic carbocycles. The number of allylic oxidation sites excluding steroid dienone is 1. The van der Waals surface area contributed by atoms with Gasteiger partial charge in [0.05, 0.1) is 5.60 Å². The minimum atomic E-state index is -4.82. The molecular formula is C24H31F3O2. The molecule has 0 spiro atoms. The second kappa shape index (κ2) is 7.77. The minimum absolute atomic E-state index is 0.461. The summed E-state index contributed by atoms with van der Waals surface area (Å²) in [4.78, 5) is 0. The Balaban J connectivity index is 2.65. The molecule has 5 heteroatoms. The molecule has 0 aliphatic carbocycles. The molecule has 0 heterocycles. The Kier molecular flexibility index (Phi) is 6.27. The van der Waals surface area contributed by atoms with Crippen LogP contribution in [-0.2, 0) is 10.3 Å². The fourth-order valence-electron chi connectivity index (χ4n) is 3.71. The molecule has 2 rings (SSSR count). The van der Waals surface area contributed by atoms with Gasteiger partial charge in [-0.1, -0.05) is 56.3 Å². The third-order valence-corrected chi connectivity index (χ3v) is 6.18. The van der Waals surface area contributed by atoms with Crippen molar-refractivity contribution in [1.29, 1.82) is 0 Å². The zero-order valence-electron chi connectivity index (χ0n) is 18.1. The van der Waals surface area contributed by atoms with Crippen LogP contribution in [0.4, 0.5) is 13.2 Å². The number of alkyl halides is 3. The minimum Gasteiger partial charge on any atom is -0.378 e. The SMILES string of the molecule is C=C(C)c1ccc2c(C(CC)(CC)OC(C)(C)C(C)(O)C(F)(F)F)cccc2c1. The Morgan fingerprint density at radius 1 is 1.03 bits per heavy atom. The van der Waals surface area contributed by atoms with E-state index in [9.17, 15) is 18.3 Å². The molecule has 0 aliphatic heterocycles. The summed E-state index contributed by atoms with van der Waals surface area (Å²) < 4.78 is 46.8. The summed E-state index contributed by atoms with van der Waals surface area (Å²) in [5.41, 5.74) is -3.09. The average molecular weight is 409 g/mol. The van der Waals surface area contributed by atoms with Crippen molar-refractivity contribution in [3.63, 3.8) is 0 Å². The molecule has 2 aromatic rings. The number of halogens is 3. The Labute approximate surface area is 171 Å². The van der Waals surface area contributed by atoms with Crippen molar-refractivity contribution in [1.82, 2.24) is 0 Å². The lowest BCUT2D eigenvalue weighted by Gasteiger charge is -2.47. The molecule has 0 amide bonds. The molecule has 0 aromatic heterocycles. The Morgan fingerprint density at radius 2 is 1.62 bits per heavy atom. The molecule has 160 valence electrons. The number of ether oxygens (including phenoxy) is 1. The van der Waals surface area contributed by atoms with E-state index in [0.29, 0.717) is 12.8 Å². The molecular weight excluding hydrogens is 377 g/mol. The normalized spacial score (nSPS) is 15.4. The highest BCUT2D eigenvalue weighted by atomic mass is 19.4. The standard InChI is InChI=1S/C24H31F3O2/c1-8-23(9-2,29-21(5,6)22(7,28)24(25,26)27)20-12-10-11-18-15-17(16(3)4)13-14-19(18)20/h10-15,28H,3,8-9H2,1-2,4-7H3. The van der Waals surface area contributed by atoms with E-state index in [4.69, 9.17) is 4.74 Å². The summed E-state index contributed by atoms with van der Waals surface area (Å²) in [7, 11) is 0. The summed E-state index contributed by atoms with van der Waals surface area (Å²) in [5, 5.41) is 12.2. The maximum Gasteiger partial charge on any atom is 0.419 e. The lowest BCUT2D eigenvalue weighted by molar-refractivity contribution is -0.331. The van der Waals surface area contributed by atoms with Gasteiger partial charge >= 0.3 is 6.18 Å². The van der Waals surface area contributed by atoms with Crippen molar-refractivity contribution in [3.8, 4) is 0 Å². The van der Waals surface area contributed by atoms with Crippen molar-refractivity contribution >= 4 is 16.3 Å². The van der Waals surface area contributed by atoms with Crippen molar-refractivity contribution in [2.75, 3.05) is 0 Å². The molecule has 2 nitrogen and oxygen atoms in total. The Hall–Kier alpha value is -1.85. The number of aliphatic hydroxyl groups is 1. The van der Waals surface area contributed by atoms with Gasteiger partial charge in [-0.15, -0.1) is 0 Å². The van der Waals surface area contributed by atoms with Crippen molar-refractivity contribution < 1.29 is 23.0 Å². The van der Waals surface area contributed by atoms with E-state index in [1.54, 1.807) is 0 Å². The van der Waals surface area contributed by atoms with Crippen LogP contribution in [0.1, 0.15) is 65.5 Å². The van der Waals surface area contributed by atoms with Gasteiger partial charge in [0.15, 0.2) is 5.60 Å². The van der Waals surface area contributed by atoms with Crippen LogP contribution in [0.2, 0.25) is 0 Å². The van der Waals surface area contributed by atoms with Crippen LogP contribution in [0.5, 0.6) is 0 Å². The van der Waals surface area contributed by atoms with Gasteiger partial charge in [0.2, 0.25) is 0 Å². The molecule has 0 aliphatic rings. The van der Waals surface area contributed by atoms with Crippen LogP contribution >= 0.6 is 0 Å². The molecule has 0 saturated carbocycles. The molecule has 1 atom stereocenters. The Bertz CT molecular complexity index is 891. The Morgan fingerprint density at radius 3 is 2.10 bits per heavy atom. The van der Waals surface area contributed by atoms with Crippen molar-refractivity contribution in [3.05, 3.63) is 54.1 Å². The molecule has 0 radical (unpaired) electrons. The highest BCUT2D eigenvalue weighted by molar-refractivity contribution is 5.89. The fraction of sp³-hybridized carbons (Fsp3) is 0.500. The van der Waals surface area contributed by atoms with E-state index >= 15 is 0 Å². The third-order valence-electron chi connectivity index (χ3n) is 6.18. The topological polar surface area (TPSA) is 29.5 Å². The molecule has 0 bridgehead atoms. The first-order chi connectivity index (χ1) is 13.2. The van der Waals surface area contributed by atoms with E-state index in [1.165, 1.54) is 13.8 Å². The van der Waals surface area contributed by atoms with Gasteiger partial charge in [-0.05, 0) is 68.5 Å². The third kappa shape index (κ3) is 4.08. The molecule has 1 N–H and O–H groups in total. The van der Waals surface area contributed by atoms with Crippen LogP contribution < -0.4 is 0 Å². The monoisotopic (exact) mass is 408 g/mol. The van der Waals surface area contributed by atoms with Gasteiger partial charge in [-0.2, -0.15) is 13.2 Å².